The van der Waals surface area contributed by atoms with Gasteiger partial charge in [-0.15, -0.1) is 0 Å². The minimum absolute atomic E-state index is 0.00230. The number of aromatic nitrogens is 2. The monoisotopic (exact) mass is 312 g/mol. The normalized spacial score (nSPS) is 19.0. The number of urea groups is 1. The summed E-state index contributed by atoms with van der Waals surface area (Å²) in [7, 11) is 0. The summed E-state index contributed by atoms with van der Waals surface area (Å²) in [4.78, 5) is 31.9. The number of nitrogens with zero attached hydrogens (tertiary/aromatic N) is 2. The Morgan fingerprint density at radius 3 is 2.95 bits per heavy atom. The van der Waals surface area contributed by atoms with Crippen LogP contribution in [0.15, 0.2) is 12.5 Å². The van der Waals surface area contributed by atoms with E-state index in [-0.39, 0.29) is 17.2 Å². The number of carbonyl (C=O) groups is 2. The topological polar surface area (TPSA) is 98.3 Å². The van der Waals surface area contributed by atoms with Crippen molar-refractivity contribution in [3.63, 3.8) is 0 Å². The van der Waals surface area contributed by atoms with Crippen LogP contribution in [0.4, 0.5) is 4.79 Å². The third-order valence-corrected chi connectivity index (χ3v) is 4.58. The molecule has 116 valence electrons. The van der Waals surface area contributed by atoms with E-state index in [0.29, 0.717) is 18.8 Å². The van der Waals surface area contributed by atoms with Gasteiger partial charge in [0.25, 0.3) is 0 Å². The van der Waals surface area contributed by atoms with Gasteiger partial charge in [-0.3, -0.25) is 0 Å². The number of H-pyrrole nitrogens is 1. The Bertz CT molecular complexity index is 504. The van der Waals surface area contributed by atoms with Crippen molar-refractivity contribution in [3.05, 3.63) is 18.2 Å². The van der Waals surface area contributed by atoms with E-state index in [4.69, 9.17) is 0 Å². The average Bonchev–Trinajstić information content (AvgIpc) is 2.89. The fourth-order valence-corrected chi connectivity index (χ4v) is 3.36. The maximum absolute atomic E-state index is 12.2. The molecule has 3 N–H and O–H groups in total. The molecule has 1 aromatic heterocycles. The molecule has 2 amide bonds. The number of amides is 2. The maximum Gasteiger partial charge on any atom is 0.326 e. The lowest BCUT2D eigenvalue weighted by atomic mass is 10.1. The highest BCUT2D eigenvalue weighted by Crippen LogP contribution is 2.29. The van der Waals surface area contributed by atoms with Crippen LogP contribution in [-0.2, 0) is 11.2 Å². The van der Waals surface area contributed by atoms with E-state index in [9.17, 15) is 14.7 Å². The molecule has 0 saturated carbocycles. The third-order valence-electron chi connectivity index (χ3n) is 3.29. The molecule has 1 saturated heterocycles. The summed E-state index contributed by atoms with van der Waals surface area (Å²) < 4.78 is -0.00230. The first-order valence-corrected chi connectivity index (χ1v) is 7.75. The van der Waals surface area contributed by atoms with E-state index in [1.54, 1.807) is 11.1 Å². The third kappa shape index (κ3) is 4.38. The molecule has 0 bridgehead atoms. The molecular formula is C13H20N4O3S. The van der Waals surface area contributed by atoms with Gasteiger partial charge in [-0.05, 0) is 13.8 Å². The first kappa shape index (κ1) is 15.7. The molecule has 0 aliphatic carbocycles. The van der Waals surface area contributed by atoms with Crippen molar-refractivity contribution in [1.82, 2.24) is 20.2 Å². The van der Waals surface area contributed by atoms with Gasteiger partial charge in [-0.2, -0.15) is 11.8 Å². The predicted molar refractivity (Wildman–Crippen MR) is 80.4 cm³/mol. The van der Waals surface area contributed by atoms with Gasteiger partial charge in [0.1, 0.15) is 6.04 Å². The highest BCUT2D eigenvalue weighted by Gasteiger charge is 2.31. The van der Waals surface area contributed by atoms with Gasteiger partial charge >= 0.3 is 12.0 Å². The molecular weight excluding hydrogens is 292 g/mol. The Hall–Kier alpha value is -1.70. The molecule has 0 spiro atoms. The second kappa shape index (κ2) is 6.38. The van der Waals surface area contributed by atoms with Gasteiger partial charge < -0.3 is 20.3 Å². The highest BCUT2D eigenvalue weighted by molar-refractivity contribution is 8.00. The summed E-state index contributed by atoms with van der Waals surface area (Å²) in [5, 5.41) is 11.8. The highest BCUT2D eigenvalue weighted by atomic mass is 32.2. The Morgan fingerprint density at radius 2 is 2.38 bits per heavy atom. The molecule has 0 aromatic carbocycles. The first-order chi connectivity index (χ1) is 9.87. The van der Waals surface area contributed by atoms with Gasteiger partial charge in [-0.25, -0.2) is 14.6 Å². The van der Waals surface area contributed by atoms with Crippen molar-refractivity contribution in [2.75, 3.05) is 18.8 Å². The van der Waals surface area contributed by atoms with Crippen molar-refractivity contribution in [1.29, 1.82) is 0 Å². The Kier molecular flexibility index (Phi) is 4.76. The molecule has 2 rings (SSSR count). The first-order valence-electron chi connectivity index (χ1n) is 6.77. The van der Waals surface area contributed by atoms with Crippen LogP contribution in [-0.4, -0.2) is 61.6 Å². The zero-order valence-electron chi connectivity index (χ0n) is 12.1. The van der Waals surface area contributed by atoms with E-state index >= 15 is 0 Å². The number of carboxylic acids is 1. The molecule has 8 heteroatoms. The van der Waals surface area contributed by atoms with Gasteiger partial charge in [0.05, 0.1) is 6.33 Å². The zero-order valence-corrected chi connectivity index (χ0v) is 12.9. The second-order valence-electron chi connectivity index (χ2n) is 5.65. The molecule has 7 nitrogen and oxygen atoms in total. The van der Waals surface area contributed by atoms with E-state index in [2.05, 4.69) is 29.1 Å². The van der Waals surface area contributed by atoms with Crippen LogP contribution in [0.5, 0.6) is 0 Å². The number of aromatic amines is 1. The van der Waals surface area contributed by atoms with Crippen molar-refractivity contribution >= 4 is 23.8 Å². The molecule has 1 aliphatic heterocycles. The number of carboxylic acid groups (broad SMARTS) is 1. The lowest BCUT2D eigenvalue weighted by Gasteiger charge is -2.37. The summed E-state index contributed by atoms with van der Waals surface area (Å²) in [5.41, 5.74) is 0.678. The van der Waals surface area contributed by atoms with Crippen molar-refractivity contribution < 1.29 is 14.7 Å². The Morgan fingerprint density at radius 1 is 1.62 bits per heavy atom. The Balaban J connectivity index is 1.96. The number of carbonyl (C=O) groups excluding carboxylic acids is 1. The smallest absolute Gasteiger partial charge is 0.326 e. The summed E-state index contributed by atoms with van der Waals surface area (Å²) >= 11 is 1.82. The lowest BCUT2D eigenvalue weighted by Crippen LogP contribution is -2.54. The Labute approximate surface area is 127 Å². The minimum Gasteiger partial charge on any atom is -0.480 e. The number of thioether (sulfide) groups is 1. The molecule has 1 aliphatic rings. The lowest BCUT2D eigenvalue weighted by molar-refractivity contribution is -0.139. The van der Waals surface area contributed by atoms with Gasteiger partial charge in [0.15, 0.2) is 0 Å². The number of hydrogen-bond donors (Lipinski definition) is 3. The largest absolute Gasteiger partial charge is 0.480 e. The number of nitrogens with one attached hydrogen (secondary N) is 2. The summed E-state index contributed by atoms with van der Waals surface area (Å²) in [6.45, 7) is 5.41. The van der Waals surface area contributed by atoms with Crippen molar-refractivity contribution in [3.8, 4) is 0 Å². The molecule has 1 fully saturated rings. The van der Waals surface area contributed by atoms with Crippen LogP contribution in [0, 0.1) is 0 Å². The standard InChI is InChI=1S/C13H20N4O3S/c1-13(2)7-17(3-4-21-13)12(20)16-10(11(18)19)5-9-6-14-8-15-9/h6,8,10H,3-5,7H2,1-2H3,(H,14,15)(H,16,20)(H,18,19)/t10-/m1/s1. The fourth-order valence-electron chi connectivity index (χ4n) is 2.25. The maximum atomic E-state index is 12.2. The zero-order chi connectivity index (χ0) is 15.5. The molecule has 1 atom stereocenters. The second-order valence-corrected chi connectivity index (χ2v) is 7.45. The van der Waals surface area contributed by atoms with Crippen LogP contribution < -0.4 is 5.32 Å². The number of imidazole rings is 1. The van der Waals surface area contributed by atoms with Crippen LogP contribution >= 0.6 is 11.8 Å². The van der Waals surface area contributed by atoms with E-state index in [0.717, 1.165) is 5.75 Å². The molecule has 0 radical (unpaired) electrons. The van der Waals surface area contributed by atoms with Gasteiger partial charge in [0.2, 0.25) is 0 Å². The summed E-state index contributed by atoms with van der Waals surface area (Å²) in [6, 6.07) is -1.29. The number of rotatable bonds is 4. The van der Waals surface area contributed by atoms with Crippen LogP contribution in [0.25, 0.3) is 0 Å². The predicted octanol–water partition coefficient (Wildman–Crippen LogP) is 0.942. The summed E-state index contributed by atoms with van der Waals surface area (Å²) in [5.74, 6) is -0.192. The van der Waals surface area contributed by atoms with E-state index < -0.39 is 12.0 Å². The van der Waals surface area contributed by atoms with Crippen molar-refractivity contribution in [2.24, 2.45) is 0 Å². The molecule has 21 heavy (non-hydrogen) atoms. The number of hydrogen-bond acceptors (Lipinski definition) is 4. The van der Waals surface area contributed by atoms with Crippen LogP contribution in [0.2, 0.25) is 0 Å². The average molecular weight is 312 g/mol. The van der Waals surface area contributed by atoms with Crippen molar-refractivity contribution in [2.45, 2.75) is 31.1 Å². The number of aliphatic carboxylic acids is 1. The fraction of sp³-hybridized carbons (Fsp3) is 0.615. The molecule has 2 heterocycles. The van der Waals surface area contributed by atoms with Crippen LogP contribution in [0.3, 0.4) is 0 Å². The summed E-state index contributed by atoms with van der Waals surface area (Å²) in [6.07, 6.45) is 3.23. The van der Waals surface area contributed by atoms with E-state index in [1.807, 2.05) is 11.8 Å². The van der Waals surface area contributed by atoms with Gasteiger partial charge in [-0.1, -0.05) is 0 Å². The minimum atomic E-state index is -1.05. The SMILES string of the molecule is CC1(C)CN(C(=O)N[C@H](Cc2cnc[nH]2)C(=O)O)CCS1. The molecule has 0 unspecified atom stereocenters. The molecule has 1 aromatic rings. The quantitative estimate of drug-likeness (QED) is 0.768. The van der Waals surface area contributed by atoms with Gasteiger partial charge in [0, 0.05) is 41.9 Å². The van der Waals surface area contributed by atoms with Crippen LogP contribution in [0.1, 0.15) is 19.5 Å². The van der Waals surface area contributed by atoms with E-state index in [1.165, 1.54) is 6.33 Å².